The molecule has 0 aromatic carbocycles. The van der Waals surface area contributed by atoms with Gasteiger partial charge in [0, 0.05) is 26.7 Å². The predicted molar refractivity (Wildman–Crippen MR) is 103 cm³/mol. The maximum Gasteiger partial charge on any atom is 0.193 e. The maximum absolute atomic E-state index is 12.1. The molecule has 0 spiro atoms. The van der Waals surface area contributed by atoms with Crippen molar-refractivity contribution in [1.82, 2.24) is 10.2 Å². The van der Waals surface area contributed by atoms with Crippen molar-refractivity contribution in [1.29, 1.82) is 0 Å². The quantitative estimate of drug-likeness (QED) is 0.404. The van der Waals surface area contributed by atoms with E-state index in [0.717, 1.165) is 18.4 Å². The Kier molecular flexibility index (Phi) is 7.42. The fraction of sp³-hybridized carbons (Fsp3) is 0.933. The molecular weight excluding hydrogens is 413 g/mol. The smallest absolute Gasteiger partial charge is 0.193 e. The summed E-state index contributed by atoms with van der Waals surface area (Å²) in [4.78, 5) is 6.43. The molecule has 0 radical (unpaired) electrons. The highest BCUT2D eigenvalue weighted by Crippen LogP contribution is 2.25. The molecule has 0 aromatic heterocycles. The Bertz CT molecular complexity index is 485. The molecule has 2 rings (SSSR count). The van der Waals surface area contributed by atoms with Crippen molar-refractivity contribution in [2.75, 3.05) is 32.4 Å². The Hall–Kier alpha value is -0.0500. The van der Waals surface area contributed by atoms with Crippen molar-refractivity contribution >= 4 is 39.8 Å². The zero-order chi connectivity index (χ0) is 15.5. The first-order valence-corrected chi connectivity index (χ1v) is 9.69. The van der Waals surface area contributed by atoms with Crippen LogP contribution in [0.3, 0.4) is 0 Å². The van der Waals surface area contributed by atoms with Crippen LogP contribution in [0.5, 0.6) is 0 Å². The van der Waals surface area contributed by atoms with Crippen molar-refractivity contribution in [2.45, 2.75) is 50.7 Å². The van der Waals surface area contributed by atoms with Crippen LogP contribution >= 0.6 is 24.0 Å². The van der Waals surface area contributed by atoms with Crippen molar-refractivity contribution in [3.8, 4) is 0 Å². The van der Waals surface area contributed by atoms with E-state index in [4.69, 9.17) is 0 Å². The normalized spacial score (nSPS) is 25.4. The Balaban J connectivity index is 0.00000242. The van der Waals surface area contributed by atoms with Gasteiger partial charge in [-0.25, -0.2) is 8.42 Å². The van der Waals surface area contributed by atoms with Crippen LogP contribution in [0.25, 0.3) is 0 Å². The molecule has 5 nitrogen and oxygen atoms in total. The molecule has 2 fully saturated rings. The largest absolute Gasteiger partial charge is 0.356 e. The Morgan fingerprint density at radius 1 is 1.27 bits per heavy atom. The van der Waals surface area contributed by atoms with Crippen LogP contribution < -0.4 is 5.32 Å². The highest BCUT2D eigenvalue weighted by Gasteiger charge is 2.40. The molecule has 1 aliphatic carbocycles. The summed E-state index contributed by atoms with van der Waals surface area (Å²) in [7, 11) is -1.22. The van der Waals surface area contributed by atoms with E-state index in [0.29, 0.717) is 13.1 Å². The second kappa shape index (κ2) is 8.17. The molecule has 0 unspecified atom stereocenters. The first kappa shape index (κ1) is 20.0. The summed E-state index contributed by atoms with van der Waals surface area (Å²) in [6.07, 6.45) is 6.62. The van der Waals surface area contributed by atoms with Crippen molar-refractivity contribution < 1.29 is 8.42 Å². The van der Waals surface area contributed by atoms with Gasteiger partial charge in [-0.1, -0.05) is 19.3 Å². The number of halogens is 1. The number of hydrogen-bond acceptors (Lipinski definition) is 3. The van der Waals surface area contributed by atoms with Gasteiger partial charge in [-0.05, 0) is 32.6 Å². The molecule has 22 heavy (non-hydrogen) atoms. The lowest BCUT2D eigenvalue weighted by atomic mass is 9.89. The number of nitrogens with zero attached hydrogens (tertiary/aromatic N) is 2. The van der Waals surface area contributed by atoms with Crippen LogP contribution in [0.4, 0.5) is 0 Å². The number of rotatable bonds is 2. The first-order chi connectivity index (χ1) is 9.86. The summed E-state index contributed by atoms with van der Waals surface area (Å²) >= 11 is 0. The molecule has 0 bridgehead atoms. The van der Waals surface area contributed by atoms with Crippen LogP contribution in [-0.2, 0) is 9.84 Å². The fourth-order valence-electron chi connectivity index (χ4n) is 3.28. The number of guanidine groups is 1. The van der Waals surface area contributed by atoms with Gasteiger partial charge in [-0.3, -0.25) is 4.99 Å². The van der Waals surface area contributed by atoms with E-state index in [2.05, 4.69) is 15.2 Å². The van der Waals surface area contributed by atoms with Crippen molar-refractivity contribution in [3.05, 3.63) is 0 Å². The molecule has 7 heteroatoms. The highest BCUT2D eigenvalue weighted by atomic mass is 127. The minimum atomic E-state index is -3.00. The van der Waals surface area contributed by atoms with Crippen molar-refractivity contribution in [2.24, 2.45) is 10.9 Å². The van der Waals surface area contributed by atoms with Gasteiger partial charge in [0.1, 0.15) is 0 Å². The lowest BCUT2D eigenvalue weighted by Gasteiger charge is -2.39. The molecule has 1 heterocycles. The van der Waals surface area contributed by atoms with Gasteiger partial charge in [-0.15, -0.1) is 24.0 Å². The summed E-state index contributed by atoms with van der Waals surface area (Å²) in [6.45, 7) is 5.62. The van der Waals surface area contributed by atoms with E-state index < -0.39 is 14.6 Å². The van der Waals surface area contributed by atoms with Gasteiger partial charge in [0.05, 0.1) is 10.5 Å². The lowest BCUT2D eigenvalue weighted by Crippen LogP contribution is -2.57. The van der Waals surface area contributed by atoms with Crippen LogP contribution in [-0.4, -0.2) is 56.5 Å². The average Bonchev–Trinajstić information content (AvgIpc) is 2.44. The lowest BCUT2D eigenvalue weighted by molar-refractivity contribution is 0.331. The van der Waals surface area contributed by atoms with Gasteiger partial charge in [0.15, 0.2) is 15.8 Å². The third-order valence-electron chi connectivity index (χ3n) is 4.83. The molecule has 1 aliphatic heterocycles. The van der Waals surface area contributed by atoms with Gasteiger partial charge >= 0.3 is 0 Å². The Labute approximate surface area is 152 Å². The number of hydrogen-bond donors (Lipinski definition) is 1. The van der Waals surface area contributed by atoms with Crippen molar-refractivity contribution in [3.63, 3.8) is 0 Å². The van der Waals surface area contributed by atoms with Crippen LogP contribution in [0.1, 0.15) is 46.0 Å². The van der Waals surface area contributed by atoms with Gasteiger partial charge in [0.25, 0.3) is 0 Å². The molecular formula is C15H30IN3O2S. The van der Waals surface area contributed by atoms with Crippen LogP contribution in [0.15, 0.2) is 4.99 Å². The molecule has 1 N–H and O–H groups in total. The second-order valence-corrected chi connectivity index (χ2v) is 9.68. The van der Waals surface area contributed by atoms with E-state index in [9.17, 15) is 8.42 Å². The van der Waals surface area contributed by atoms with Gasteiger partial charge in [0.2, 0.25) is 0 Å². The molecule has 0 aromatic rings. The molecule has 130 valence electrons. The SMILES string of the molecule is CN=C(NCC1CCCCC1)N1CCS(=O)(=O)C(C)(C)C1.I. The topological polar surface area (TPSA) is 61.8 Å². The molecule has 2 aliphatic rings. The third kappa shape index (κ3) is 4.72. The zero-order valence-electron chi connectivity index (χ0n) is 14.0. The average molecular weight is 443 g/mol. The maximum atomic E-state index is 12.1. The first-order valence-electron chi connectivity index (χ1n) is 8.03. The van der Waals surface area contributed by atoms with Crippen LogP contribution in [0.2, 0.25) is 0 Å². The minimum Gasteiger partial charge on any atom is -0.356 e. The zero-order valence-corrected chi connectivity index (χ0v) is 17.1. The molecule has 1 saturated carbocycles. The summed E-state index contributed by atoms with van der Waals surface area (Å²) < 4.78 is 23.5. The molecule has 0 atom stereocenters. The standard InChI is InChI=1S/C15H29N3O2S.HI/c1-15(2)12-18(9-10-21(15,19)20)14(16-3)17-11-13-7-5-4-6-8-13;/h13H,4-12H2,1-3H3,(H,16,17);1H. The van der Waals surface area contributed by atoms with Gasteiger partial charge in [-0.2, -0.15) is 0 Å². The summed E-state index contributed by atoms with van der Waals surface area (Å²) in [5.41, 5.74) is 0. The second-order valence-electron chi connectivity index (χ2n) is 6.93. The highest BCUT2D eigenvalue weighted by molar-refractivity contribution is 14.0. The number of sulfone groups is 1. The van der Waals surface area contributed by atoms with Crippen LogP contribution in [0, 0.1) is 5.92 Å². The summed E-state index contributed by atoms with van der Waals surface area (Å²) in [5, 5.41) is 3.46. The number of aliphatic imine (C=N–C) groups is 1. The predicted octanol–water partition coefficient (Wildman–Crippen LogP) is 2.27. The molecule has 0 amide bonds. The van der Waals surface area contributed by atoms with E-state index in [1.54, 1.807) is 7.05 Å². The molecule has 1 saturated heterocycles. The monoisotopic (exact) mass is 443 g/mol. The van der Waals surface area contributed by atoms with Gasteiger partial charge < -0.3 is 10.2 Å². The fourth-order valence-corrected chi connectivity index (χ4v) is 4.65. The Morgan fingerprint density at radius 3 is 2.45 bits per heavy atom. The van der Waals surface area contributed by atoms with E-state index in [1.807, 2.05) is 13.8 Å². The Morgan fingerprint density at radius 2 is 1.91 bits per heavy atom. The minimum absolute atomic E-state index is 0. The van der Waals surface area contributed by atoms with E-state index >= 15 is 0 Å². The summed E-state index contributed by atoms with van der Waals surface area (Å²) in [6, 6.07) is 0. The third-order valence-corrected chi connectivity index (χ3v) is 7.36. The van der Waals surface area contributed by atoms with E-state index in [-0.39, 0.29) is 29.7 Å². The van der Waals surface area contributed by atoms with E-state index in [1.165, 1.54) is 32.1 Å². The number of nitrogens with one attached hydrogen (secondary N) is 1. The summed E-state index contributed by atoms with van der Waals surface area (Å²) in [5.74, 6) is 1.80.